The lowest BCUT2D eigenvalue weighted by molar-refractivity contribution is -0.128. The fraction of sp³-hybridized carbons (Fsp3) is 0.650. The van der Waals surface area contributed by atoms with Gasteiger partial charge in [-0.15, -0.1) is 0 Å². The van der Waals surface area contributed by atoms with Crippen molar-refractivity contribution in [2.75, 3.05) is 14.1 Å². The Hall–Kier alpha value is -1.51. The Morgan fingerprint density at radius 2 is 1.17 bits per heavy atom. The number of phenolic OH excluding ortho intramolecular Hbond substituents is 1. The molecule has 0 aliphatic carbocycles. The van der Waals surface area contributed by atoms with E-state index in [1.165, 1.54) is 0 Å². The third-order valence-corrected chi connectivity index (χ3v) is 1.56. The van der Waals surface area contributed by atoms with Crippen LogP contribution in [0.5, 0.6) is 5.75 Å². The quantitative estimate of drug-likeness (QED) is 0.628. The molecular formula is C20H45NO2. The van der Waals surface area contributed by atoms with Crippen LogP contribution in [0.4, 0.5) is 0 Å². The summed E-state index contributed by atoms with van der Waals surface area (Å²) in [6.07, 6.45) is 0.604. The van der Waals surface area contributed by atoms with Crippen LogP contribution in [0.25, 0.3) is 0 Å². The Kier molecular flexibility index (Phi) is 69.9. The highest BCUT2D eigenvalue weighted by Gasteiger charge is 1.95. The predicted octanol–water partition coefficient (Wildman–Crippen LogP) is 6.62. The maximum atomic E-state index is 10.4. The summed E-state index contributed by atoms with van der Waals surface area (Å²) in [5.41, 5.74) is 0. The summed E-state index contributed by atoms with van der Waals surface area (Å²) in [4.78, 5) is 12.0. The van der Waals surface area contributed by atoms with Crippen LogP contribution in [-0.4, -0.2) is 30.0 Å². The van der Waals surface area contributed by atoms with Crippen molar-refractivity contribution in [3.63, 3.8) is 0 Å². The minimum Gasteiger partial charge on any atom is -0.508 e. The van der Waals surface area contributed by atoms with Gasteiger partial charge in [0.25, 0.3) is 0 Å². The summed E-state index contributed by atoms with van der Waals surface area (Å²) in [6, 6.07) is 8.71. The maximum absolute atomic E-state index is 10.4. The zero-order valence-corrected chi connectivity index (χ0v) is 16.9. The molecule has 3 heteroatoms. The van der Waals surface area contributed by atoms with Crippen LogP contribution in [-0.2, 0) is 4.79 Å². The van der Waals surface area contributed by atoms with Gasteiger partial charge >= 0.3 is 0 Å². The summed E-state index contributed by atoms with van der Waals surface area (Å²) in [7, 11) is 3.51. The van der Waals surface area contributed by atoms with E-state index in [-0.39, 0.29) is 13.3 Å². The molecule has 0 spiro atoms. The zero-order valence-electron chi connectivity index (χ0n) is 16.9. The smallest absolute Gasteiger partial charge is 0.221 e. The van der Waals surface area contributed by atoms with E-state index in [0.29, 0.717) is 12.2 Å². The first-order valence-corrected chi connectivity index (χ1v) is 8.52. The molecule has 1 amide bonds. The summed E-state index contributed by atoms with van der Waals surface area (Å²) in [5, 5.41) is 8.63. The van der Waals surface area contributed by atoms with E-state index in [2.05, 4.69) is 0 Å². The van der Waals surface area contributed by atoms with E-state index in [0.717, 1.165) is 0 Å². The molecule has 0 saturated heterocycles. The molecule has 0 fully saturated rings. The Bertz CT molecular complexity index is 260. The molecule has 1 N–H and O–H groups in total. The first-order chi connectivity index (χ1) is 10.6. The monoisotopic (exact) mass is 331 g/mol. The number of hydrogen-bond donors (Lipinski definition) is 1. The molecule has 1 aromatic rings. The lowest BCUT2D eigenvalue weighted by Gasteiger charge is -2.05. The van der Waals surface area contributed by atoms with E-state index in [1.807, 2.05) is 68.4 Å². The fourth-order valence-corrected chi connectivity index (χ4v) is 0.744. The summed E-state index contributed by atoms with van der Waals surface area (Å²) in [6.45, 7) is 17.8. The highest BCUT2D eigenvalue weighted by atomic mass is 16.3. The first-order valence-electron chi connectivity index (χ1n) is 8.52. The summed E-state index contributed by atoms with van der Waals surface area (Å²) in [5.74, 6) is 0.502. The van der Waals surface area contributed by atoms with Crippen LogP contribution in [0.3, 0.4) is 0 Å². The van der Waals surface area contributed by atoms with Gasteiger partial charge in [-0.1, -0.05) is 87.9 Å². The van der Waals surface area contributed by atoms with Crippen molar-refractivity contribution in [3.05, 3.63) is 30.3 Å². The molecule has 1 rings (SSSR count). The van der Waals surface area contributed by atoms with Gasteiger partial charge in [0.1, 0.15) is 5.75 Å². The van der Waals surface area contributed by atoms with E-state index in [1.54, 1.807) is 43.3 Å². The molecule has 3 nitrogen and oxygen atoms in total. The molecule has 0 heterocycles. The SMILES string of the molecule is C.CC.CC.CC.CC.CCC(=O)N(C)C.Oc1ccccc1. The number of rotatable bonds is 1. The van der Waals surface area contributed by atoms with Crippen LogP contribution in [0.2, 0.25) is 0 Å². The van der Waals surface area contributed by atoms with Crippen molar-refractivity contribution in [2.45, 2.75) is 76.2 Å². The number of hydrogen-bond acceptors (Lipinski definition) is 2. The Labute approximate surface area is 147 Å². The average molecular weight is 332 g/mol. The fourth-order valence-electron chi connectivity index (χ4n) is 0.744. The number of amides is 1. The minimum atomic E-state index is 0. The van der Waals surface area contributed by atoms with Crippen LogP contribution >= 0.6 is 0 Å². The minimum absolute atomic E-state index is 0. The number of carbonyl (C=O) groups excluding carboxylic acids is 1. The van der Waals surface area contributed by atoms with Crippen molar-refractivity contribution in [1.29, 1.82) is 0 Å². The van der Waals surface area contributed by atoms with Gasteiger partial charge in [0.05, 0.1) is 0 Å². The normalized spacial score (nSPS) is 6.22. The Morgan fingerprint density at radius 3 is 1.26 bits per heavy atom. The van der Waals surface area contributed by atoms with Crippen LogP contribution < -0.4 is 0 Å². The number of phenols is 1. The lowest BCUT2D eigenvalue weighted by Crippen LogP contribution is -2.19. The Balaban J connectivity index is -0.0000000426. The predicted molar refractivity (Wildman–Crippen MR) is 109 cm³/mol. The Morgan fingerprint density at radius 1 is 0.870 bits per heavy atom. The standard InChI is InChI=1S/C6H6O.C5H11NO.4C2H6.CH4/c7-6-4-2-1-3-5-6;1-4-5(7)6(2)3;4*1-2;/h1-5,7H;4H2,1-3H3;4*1-2H3;1H4. The van der Waals surface area contributed by atoms with Crippen molar-refractivity contribution in [1.82, 2.24) is 4.90 Å². The van der Waals surface area contributed by atoms with Crippen LogP contribution in [0.15, 0.2) is 30.3 Å². The topological polar surface area (TPSA) is 40.5 Å². The third-order valence-electron chi connectivity index (χ3n) is 1.56. The second kappa shape index (κ2) is 42.8. The number of para-hydroxylation sites is 1. The van der Waals surface area contributed by atoms with E-state index < -0.39 is 0 Å². The first kappa shape index (κ1) is 37.6. The summed E-state index contributed by atoms with van der Waals surface area (Å²) < 4.78 is 0. The highest BCUT2D eigenvalue weighted by molar-refractivity contribution is 5.75. The molecule has 0 saturated carbocycles. The van der Waals surface area contributed by atoms with Gasteiger partial charge < -0.3 is 10.0 Å². The lowest BCUT2D eigenvalue weighted by atomic mass is 10.3. The second-order valence-corrected chi connectivity index (χ2v) is 2.98. The van der Waals surface area contributed by atoms with Gasteiger partial charge in [-0.25, -0.2) is 0 Å². The van der Waals surface area contributed by atoms with Gasteiger partial charge in [0.2, 0.25) is 5.91 Å². The van der Waals surface area contributed by atoms with Crippen molar-refractivity contribution in [3.8, 4) is 5.75 Å². The molecule has 0 bridgehead atoms. The molecule has 1 aromatic carbocycles. The average Bonchev–Trinajstić information content (AvgIpc) is 2.62. The third kappa shape index (κ3) is 44.9. The second-order valence-electron chi connectivity index (χ2n) is 2.98. The van der Waals surface area contributed by atoms with Crippen molar-refractivity contribution < 1.29 is 9.90 Å². The maximum Gasteiger partial charge on any atom is 0.221 e. The zero-order chi connectivity index (χ0) is 19.0. The molecule has 0 unspecified atom stereocenters. The van der Waals surface area contributed by atoms with Gasteiger partial charge in [-0.3, -0.25) is 4.79 Å². The molecule has 0 aromatic heterocycles. The molecule has 142 valence electrons. The van der Waals surface area contributed by atoms with Crippen LogP contribution in [0, 0.1) is 0 Å². The molecule has 0 radical (unpaired) electrons. The van der Waals surface area contributed by atoms with E-state index in [4.69, 9.17) is 5.11 Å². The van der Waals surface area contributed by atoms with Gasteiger partial charge in [0.15, 0.2) is 0 Å². The van der Waals surface area contributed by atoms with Crippen LogP contribution in [0.1, 0.15) is 76.2 Å². The number of benzene rings is 1. The molecule has 0 atom stereocenters. The van der Waals surface area contributed by atoms with E-state index >= 15 is 0 Å². The van der Waals surface area contributed by atoms with Crippen molar-refractivity contribution in [2.24, 2.45) is 0 Å². The molecule has 0 aliphatic heterocycles. The molecule has 23 heavy (non-hydrogen) atoms. The largest absolute Gasteiger partial charge is 0.508 e. The summed E-state index contributed by atoms with van der Waals surface area (Å²) >= 11 is 0. The van der Waals surface area contributed by atoms with Crippen molar-refractivity contribution >= 4 is 5.91 Å². The van der Waals surface area contributed by atoms with Gasteiger partial charge in [-0.05, 0) is 12.1 Å². The van der Waals surface area contributed by atoms with Gasteiger partial charge in [0, 0.05) is 20.5 Å². The van der Waals surface area contributed by atoms with Gasteiger partial charge in [-0.2, -0.15) is 0 Å². The van der Waals surface area contributed by atoms with E-state index in [9.17, 15) is 4.79 Å². The number of nitrogens with zero attached hydrogens (tertiary/aromatic N) is 1. The number of carbonyl (C=O) groups is 1. The molecule has 0 aliphatic rings. The molecular weight excluding hydrogens is 286 g/mol. The highest BCUT2D eigenvalue weighted by Crippen LogP contribution is 2.02. The number of aromatic hydroxyl groups is 1.